The lowest BCUT2D eigenvalue weighted by molar-refractivity contribution is 0.310. The number of nitrogens with zero attached hydrogens (tertiary/aromatic N) is 4. The fraction of sp³-hybridized carbons (Fsp3) is 0.615. The van der Waals surface area contributed by atoms with Crippen molar-refractivity contribution in [2.75, 3.05) is 18.5 Å². The monoisotopic (exact) mass is 329 g/mol. The van der Waals surface area contributed by atoms with E-state index >= 15 is 0 Å². The smallest absolute Gasteiger partial charge is 0.332 e. The lowest BCUT2D eigenvalue weighted by atomic mass is 10.3. The lowest BCUT2D eigenvalue weighted by Gasteiger charge is -2.13. The minimum absolute atomic E-state index is 0.0712. The molecule has 0 saturated heterocycles. The number of halogens is 1. The van der Waals surface area contributed by atoms with Gasteiger partial charge in [-0.25, -0.2) is 4.79 Å². The van der Waals surface area contributed by atoms with Crippen LogP contribution >= 0.6 is 11.6 Å². The molecule has 2 N–H and O–H groups in total. The Kier molecular flexibility index (Phi) is 4.92. The Morgan fingerprint density at radius 3 is 2.59 bits per heavy atom. The van der Waals surface area contributed by atoms with Crippen molar-refractivity contribution >= 4 is 28.7 Å². The molecular formula is C13H20ClN5O3. The molecule has 0 unspecified atom stereocenters. The molecule has 0 aliphatic carbocycles. The van der Waals surface area contributed by atoms with Crippen LogP contribution in [0.3, 0.4) is 0 Å². The zero-order valence-electron chi connectivity index (χ0n) is 12.8. The van der Waals surface area contributed by atoms with Crippen LogP contribution in [0.15, 0.2) is 9.59 Å². The van der Waals surface area contributed by atoms with Crippen molar-refractivity contribution in [2.45, 2.75) is 25.3 Å². The highest BCUT2D eigenvalue weighted by Crippen LogP contribution is 2.18. The molecule has 0 spiro atoms. The van der Waals surface area contributed by atoms with E-state index in [9.17, 15) is 9.59 Å². The second-order valence-electron chi connectivity index (χ2n) is 5.08. The van der Waals surface area contributed by atoms with Crippen LogP contribution < -0.4 is 16.6 Å². The first-order valence-electron chi connectivity index (χ1n) is 7.07. The molecule has 2 aromatic heterocycles. The molecule has 0 amide bonds. The van der Waals surface area contributed by atoms with Crippen molar-refractivity contribution in [3.8, 4) is 0 Å². The van der Waals surface area contributed by atoms with E-state index in [0.29, 0.717) is 23.7 Å². The lowest BCUT2D eigenvalue weighted by Crippen LogP contribution is -2.37. The maximum absolute atomic E-state index is 12.4. The van der Waals surface area contributed by atoms with E-state index < -0.39 is 11.2 Å². The van der Waals surface area contributed by atoms with Gasteiger partial charge in [-0.2, -0.15) is 4.98 Å². The summed E-state index contributed by atoms with van der Waals surface area (Å²) in [5, 5.41) is 11.8. The molecule has 122 valence electrons. The van der Waals surface area contributed by atoms with E-state index in [1.807, 2.05) is 6.92 Å². The number of anilines is 1. The molecule has 0 aliphatic rings. The van der Waals surface area contributed by atoms with E-state index in [4.69, 9.17) is 16.7 Å². The van der Waals surface area contributed by atoms with Crippen LogP contribution in [-0.4, -0.2) is 42.3 Å². The average molecular weight is 330 g/mol. The summed E-state index contributed by atoms with van der Waals surface area (Å²) in [6.45, 7) is 2.55. The van der Waals surface area contributed by atoms with E-state index in [-0.39, 0.29) is 18.5 Å². The Balaban J connectivity index is 2.75. The summed E-state index contributed by atoms with van der Waals surface area (Å²) in [5.74, 6) is 0.418. The number of hydrogen-bond acceptors (Lipinski definition) is 5. The summed E-state index contributed by atoms with van der Waals surface area (Å²) in [6, 6.07) is 0. The third kappa shape index (κ3) is 2.76. The van der Waals surface area contributed by atoms with Crippen molar-refractivity contribution in [1.82, 2.24) is 18.7 Å². The predicted octanol–water partition coefficient (Wildman–Crippen LogP) is -0.145. The molecule has 0 aliphatic heterocycles. The van der Waals surface area contributed by atoms with Crippen LogP contribution in [0.4, 0.5) is 5.95 Å². The summed E-state index contributed by atoms with van der Waals surface area (Å²) in [7, 11) is 3.00. The van der Waals surface area contributed by atoms with Gasteiger partial charge in [-0.05, 0) is 6.42 Å². The van der Waals surface area contributed by atoms with Gasteiger partial charge in [0.05, 0.1) is 12.0 Å². The van der Waals surface area contributed by atoms with Gasteiger partial charge in [0.1, 0.15) is 0 Å². The van der Waals surface area contributed by atoms with E-state index in [1.54, 1.807) is 11.6 Å². The Hall–Kier alpha value is -1.80. The zero-order valence-corrected chi connectivity index (χ0v) is 13.6. The van der Waals surface area contributed by atoms with Crippen LogP contribution in [0.25, 0.3) is 11.2 Å². The van der Waals surface area contributed by atoms with Gasteiger partial charge in [0.25, 0.3) is 5.56 Å². The molecule has 9 heteroatoms. The van der Waals surface area contributed by atoms with Crippen molar-refractivity contribution in [2.24, 2.45) is 14.1 Å². The van der Waals surface area contributed by atoms with Crippen LogP contribution in [0.2, 0.25) is 0 Å². The van der Waals surface area contributed by atoms with Crippen LogP contribution in [-0.2, 0) is 20.6 Å². The van der Waals surface area contributed by atoms with Gasteiger partial charge >= 0.3 is 5.69 Å². The fourth-order valence-corrected chi connectivity index (χ4v) is 2.39. The second kappa shape index (κ2) is 6.53. The molecule has 2 aromatic rings. The summed E-state index contributed by atoms with van der Waals surface area (Å²) in [4.78, 5) is 28.8. The Morgan fingerprint density at radius 1 is 1.32 bits per heavy atom. The number of rotatable bonds is 6. The molecule has 0 saturated carbocycles. The van der Waals surface area contributed by atoms with Gasteiger partial charge in [0.15, 0.2) is 11.2 Å². The van der Waals surface area contributed by atoms with Crippen molar-refractivity contribution in [3.63, 3.8) is 0 Å². The molecule has 0 aromatic carbocycles. The number of imidazole rings is 1. The van der Waals surface area contributed by atoms with E-state index in [1.165, 1.54) is 11.6 Å². The van der Waals surface area contributed by atoms with Gasteiger partial charge in [-0.15, -0.1) is 11.6 Å². The highest BCUT2D eigenvalue weighted by atomic mass is 35.5. The molecule has 0 bridgehead atoms. The van der Waals surface area contributed by atoms with Crippen molar-refractivity contribution in [1.29, 1.82) is 0 Å². The van der Waals surface area contributed by atoms with Crippen LogP contribution in [0.5, 0.6) is 0 Å². The Bertz CT molecular complexity index is 792. The molecule has 22 heavy (non-hydrogen) atoms. The largest absolute Gasteiger partial charge is 0.395 e. The molecule has 8 nitrogen and oxygen atoms in total. The number of nitrogens with one attached hydrogen (secondary N) is 1. The highest BCUT2D eigenvalue weighted by molar-refractivity contribution is 6.20. The number of fused-ring (bicyclic) bond motifs is 1. The summed E-state index contributed by atoms with van der Waals surface area (Å²) in [6.07, 6.45) is 0.729. The molecule has 2 rings (SSSR count). The SMILES string of the molecule is CC[C@H](Cl)Cn1c(NCCO)nc2c1c(=O)n(C)c(=O)n2C. The normalized spacial score (nSPS) is 12.8. The van der Waals surface area contributed by atoms with Crippen molar-refractivity contribution < 1.29 is 5.11 Å². The molecule has 0 fully saturated rings. The van der Waals surface area contributed by atoms with E-state index in [0.717, 1.165) is 11.0 Å². The molecule has 0 radical (unpaired) electrons. The van der Waals surface area contributed by atoms with Gasteiger partial charge in [-0.3, -0.25) is 13.9 Å². The Labute approximate surface area is 132 Å². The molecule has 1 atom stereocenters. The topological polar surface area (TPSA) is 94.1 Å². The van der Waals surface area contributed by atoms with Crippen LogP contribution in [0.1, 0.15) is 13.3 Å². The quantitative estimate of drug-likeness (QED) is 0.719. The predicted molar refractivity (Wildman–Crippen MR) is 85.7 cm³/mol. The number of alkyl halides is 1. The van der Waals surface area contributed by atoms with Gasteiger partial charge in [0, 0.05) is 27.2 Å². The maximum atomic E-state index is 12.4. The number of aliphatic hydroxyl groups excluding tert-OH is 1. The Morgan fingerprint density at radius 2 is 2.00 bits per heavy atom. The van der Waals surface area contributed by atoms with Gasteiger partial charge in [0.2, 0.25) is 5.95 Å². The molecular weight excluding hydrogens is 310 g/mol. The first-order chi connectivity index (χ1) is 10.4. The first kappa shape index (κ1) is 16.6. The number of aromatic nitrogens is 4. The first-order valence-corrected chi connectivity index (χ1v) is 7.51. The number of aryl methyl sites for hydroxylation is 1. The van der Waals surface area contributed by atoms with Crippen molar-refractivity contribution in [3.05, 3.63) is 20.8 Å². The minimum atomic E-state index is -0.436. The number of hydrogen-bond donors (Lipinski definition) is 2. The minimum Gasteiger partial charge on any atom is -0.395 e. The summed E-state index contributed by atoms with van der Waals surface area (Å²) < 4.78 is 4.05. The standard InChI is InChI=1S/C13H20ClN5O3/c1-4-8(14)7-19-9-10(16-12(19)15-5-6-20)17(2)13(22)18(3)11(9)21/h8,20H,4-7H2,1-3H3,(H,15,16)/t8-/m0/s1. The third-order valence-electron chi connectivity index (χ3n) is 3.57. The van der Waals surface area contributed by atoms with E-state index in [2.05, 4.69) is 10.3 Å². The second-order valence-corrected chi connectivity index (χ2v) is 5.70. The summed E-state index contributed by atoms with van der Waals surface area (Å²) in [5.41, 5.74) is -0.228. The van der Waals surface area contributed by atoms with Gasteiger partial charge in [-0.1, -0.05) is 6.92 Å². The molecule has 2 heterocycles. The highest BCUT2D eigenvalue weighted by Gasteiger charge is 2.20. The average Bonchev–Trinajstić information content (AvgIpc) is 2.87. The fourth-order valence-electron chi connectivity index (χ4n) is 2.25. The summed E-state index contributed by atoms with van der Waals surface area (Å²) >= 11 is 6.22. The zero-order chi connectivity index (χ0) is 16.4. The van der Waals surface area contributed by atoms with Crippen LogP contribution in [0, 0.1) is 0 Å². The number of aliphatic hydroxyl groups is 1. The third-order valence-corrected chi connectivity index (χ3v) is 4.01. The maximum Gasteiger partial charge on any atom is 0.332 e. The van der Waals surface area contributed by atoms with Gasteiger partial charge < -0.3 is 15.0 Å².